The summed E-state index contributed by atoms with van der Waals surface area (Å²) in [5.74, 6) is 0. The predicted molar refractivity (Wildman–Crippen MR) is 79.5 cm³/mol. The van der Waals surface area contributed by atoms with E-state index in [1.165, 1.54) is 24.8 Å². The Kier molecular flexibility index (Phi) is 4.86. The number of benzene rings is 1. The first-order chi connectivity index (χ1) is 9.15. The molecular formula is C15H19ClN2O. The predicted octanol–water partition coefficient (Wildman–Crippen LogP) is 4.62. The van der Waals surface area contributed by atoms with Crippen LogP contribution in [0.3, 0.4) is 0 Å². The Labute approximate surface area is 119 Å². The van der Waals surface area contributed by atoms with Crippen molar-refractivity contribution in [1.82, 2.24) is 5.32 Å². The van der Waals surface area contributed by atoms with E-state index in [4.69, 9.17) is 11.6 Å². The molecule has 2 N–H and O–H groups in total. The lowest BCUT2D eigenvalue weighted by molar-refractivity contribution is 0.255. The lowest BCUT2D eigenvalue weighted by atomic mass is 9.96. The number of allylic oxidation sites excluding steroid dienone is 1. The summed E-state index contributed by atoms with van der Waals surface area (Å²) < 4.78 is 0. The van der Waals surface area contributed by atoms with Gasteiger partial charge in [0.15, 0.2) is 0 Å². The number of anilines is 1. The van der Waals surface area contributed by atoms with E-state index in [0.717, 1.165) is 18.4 Å². The number of carbonyl (C=O) groups excluding carboxylic acids is 1. The summed E-state index contributed by atoms with van der Waals surface area (Å²) in [4.78, 5) is 11.7. The van der Waals surface area contributed by atoms with Crippen molar-refractivity contribution in [1.29, 1.82) is 0 Å². The molecule has 1 fully saturated rings. The van der Waals surface area contributed by atoms with Gasteiger partial charge in [-0.15, -0.1) is 0 Å². The number of nitrogens with one attached hydrogen (secondary N) is 2. The van der Waals surface area contributed by atoms with Crippen LogP contribution in [-0.2, 0) is 0 Å². The van der Waals surface area contributed by atoms with E-state index in [1.807, 2.05) is 25.3 Å². The molecule has 0 unspecified atom stereocenters. The molecule has 0 heterocycles. The van der Waals surface area contributed by atoms with Gasteiger partial charge in [0.05, 0.1) is 0 Å². The molecule has 1 aromatic carbocycles. The van der Waals surface area contributed by atoms with Crippen molar-refractivity contribution in [2.45, 2.75) is 39.0 Å². The minimum absolute atomic E-state index is 0.224. The van der Waals surface area contributed by atoms with E-state index in [1.54, 1.807) is 6.07 Å². The van der Waals surface area contributed by atoms with Crippen molar-refractivity contribution in [3.63, 3.8) is 0 Å². The first-order valence-corrected chi connectivity index (χ1v) is 7.04. The van der Waals surface area contributed by atoms with Crippen LogP contribution >= 0.6 is 11.6 Å². The summed E-state index contributed by atoms with van der Waals surface area (Å²) in [6.07, 6.45) is 7.77. The van der Waals surface area contributed by atoms with Crippen LogP contribution < -0.4 is 10.6 Å². The van der Waals surface area contributed by atoms with E-state index >= 15 is 0 Å². The van der Waals surface area contributed by atoms with Crippen molar-refractivity contribution in [2.75, 3.05) is 5.32 Å². The van der Waals surface area contributed by atoms with Crippen LogP contribution in [-0.4, -0.2) is 6.03 Å². The maximum absolute atomic E-state index is 11.7. The smallest absolute Gasteiger partial charge is 0.314 e. The van der Waals surface area contributed by atoms with Gasteiger partial charge in [-0.2, -0.15) is 0 Å². The van der Waals surface area contributed by atoms with Gasteiger partial charge in [-0.25, -0.2) is 4.79 Å². The minimum Gasteiger partial charge on any atom is -0.314 e. The zero-order valence-electron chi connectivity index (χ0n) is 11.1. The normalized spacial score (nSPS) is 14.9. The lowest BCUT2D eigenvalue weighted by Gasteiger charge is -2.13. The number of hydrogen-bond donors (Lipinski definition) is 2. The highest BCUT2D eigenvalue weighted by Gasteiger charge is 2.06. The zero-order valence-corrected chi connectivity index (χ0v) is 11.9. The second kappa shape index (κ2) is 6.62. The van der Waals surface area contributed by atoms with Crippen molar-refractivity contribution < 1.29 is 4.79 Å². The number of hydrogen-bond acceptors (Lipinski definition) is 1. The van der Waals surface area contributed by atoms with E-state index < -0.39 is 0 Å². The SMILES string of the molecule is Cc1ccc(NC(=O)NC=C2CCCCC2)cc1Cl. The van der Waals surface area contributed by atoms with Gasteiger partial charge in [0.1, 0.15) is 0 Å². The highest BCUT2D eigenvalue weighted by molar-refractivity contribution is 6.31. The quantitative estimate of drug-likeness (QED) is 0.814. The molecule has 19 heavy (non-hydrogen) atoms. The summed E-state index contributed by atoms with van der Waals surface area (Å²) in [7, 11) is 0. The van der Waals surface area contributed by atoms with Gasteiger partial charge < -0.3 is 10.6 Å². The first kappa shape index (κ1) is 13.9. The maximum atomic E-state index is 11.7. The molecular weight excluding hydrogens is 260 g/mol. The third-order valence-corrected chi connectivity index (χ3v) is 3.74. The molecule has 1 aromatic rings. The van der Waals surface area contributed by atoms with Crippen molar-refractivity contribution in [3.8, 4) is 0 Å². The number of urea groups is 1. The van der Waals surface area contributed by atoms with Crippen LogP contribution in [0.15, 0.2) is 30.0 Å². The molecule has 0 saturated heterocycles. The highest BCUT2D eigenvalue weighted by Crippen LogP contribution is 2.22. The van der Waals surface area contributed by atoms with Crippen LogP contribution in [0, 0.1) is 6.92 Å². The highest BCUT2D eigenvalue weighted by atomic mass is 35.5. The fraction of sp³-hybridized carbons (Fsp3) is 0.400. The largest absolute Gasteiger partial charge is 0.323 e. The fourth-order valence-corrected chi connectivity index (χ4v) is 2.34. The third kappa shape index (κ3) is 4.28. The number of halogens is 1. The van der Waals surface area contributed by atoms with E-state index in [9.17, 15) is 4.79 Å². The molecule has 0 atom stereocenters. The summed E-state index contributed by atoms with van der Waals surface area (Å²) in [6.45, 7) is 1.93. The summed E-state index contributed by atoms with van der Waals surface area (Å²) in [5, 5.41) is 6.21. The molecule has 2 rings (SSSR count). The average Bonchev–Trinajstić information content (AvgIpc) is 2.42. The van der Waals surface area contributed by atoms with Crippen LogP contribution in [0.4, 0.5) is 10.5 Å². The Morgan fingerprint density at radius 2 is 2.00 bits per heavy atom. The average molecular weight is 279 g/mol. The molecule has 3 nitrogen and oxygen atoms in total. The Hall–Kier alpha value is -1.48. The lowest BCUT2D eigenvalue weighted by Crippen LogP contribution is -2.24. The van der Waals surface area contributed by atoms with Crippen LogP contribution in [0.25, 0.3) is 0 Å². The summed E-state index contributed by atoms with van der Waals surface area (Å²) >= 11 is 6.01. The standard InChI is InChI=1S/C15H19ClN2O/c1-11-7-8-13(9-14(11)16)18-15(19)17-10-12-5-3-2-4-6-12/h7-10H,2-6H2,1H3,(H2,17,18,19). The molecule has 0 spiro atoms. The molecule has 1 aliphatic carbocycles. The van der Waals surface area contributed by atoms with Crippen molar-refractivity contribution in [2.24, 2.45) is 0 Å². The van der Waals surface area contributed by atoms with Crippen LogP contribution in [0.2, 0.25) is 5.02 Å². The molecule has 1 aliphatic rings. The Morgan fingerprint density at radius 3 is 2.68 bits per heavy atom. The fourth-order valence-electron chi connectivity index (χ4n) is 2.16. The number of amides is 2. The second-order valence-electron chi connectivity index (χ2n) is 4.93. The molecule has 2 amide bonds. The van der Waals surface area contributed by atoms with Gasteiger partial charge in [-0.3, -0.25) is 0 Å². The van der Waals surface area contributed by atoms with Gasteiger partial charge in [0, 0.05) is 16.9 Å². The molecule has 0 aromatic heterocycles. The van der Waals surface area contributed by atoms with E-state index in [-0.39, 0.29) is 6.03 Å². The van der Waals surface area contributed by atoms with Gasteiger partial charge in [-0.05, 0) is 50.3 Å². The van der Waals surface area contributed by atoms with Gasteiger partial charge >= 0.3 is 6.03 Å². The molecule has 0 bridgehead atoms. The number of aryl methyl sites for hydroxylation is 1. The Balaban J connectivity index is 1.88. The van der Waals surface area contributed by atoms with Gasteiger partial charge in [0.25, 0.3) is 0 Å². The maximum Gasteiger partial charge on any atom is 0.323 e. The van der Waals surface area contributed by atoms with Crippen molar-refractivity contribution in [3.05, 3.63) is 40.6 Å². The van der Waals surface area contributed by atoms with Gasteiger partial charge in [0.2, 0.25) is 0 Å². The molecule has 102 valence electrons. The van der Waals surface area contributed by atoms with Crippen LogP contribution in [0.5, 0.6) is 0 Å². The number of carbonyl (C=O) groups is 1. The first-order valence-electron chi connectivity index (χ1n) is 6.67. The molecule has 4 heteroatoms. The molecule has 0 aliphatic heterocycles. The molecule has 0 radical (unpaired) electrons. The minimum atomic E-state index is -0.224. The molecule has 1 saturated carbocycles. The second-order valence-corrected chi connectivity index (χ2v) is 5.33. The monoisotopic (exact) mass is 278 g/mol. The van der Waals surface area contributed by atoms with E-state index in [0.29, 0.717) is 10.7 Å². The van der Waals surface area contributed by atoms with Crippen molar-refractivity contribution >= 4 is 23.3 Å². The third-order valence-electron chi connectivity index (χ3n) is 3.33. The van der Waals surface area contributed by atoms with E-state index in [2.05, 4.69) is 10.6 Å². The Bertz CT molecular complexity index is 489. The van der Waals surface area contributed by atoms with Crippen LogP contribution in [0.1, 0.15) is 37.7 Å². The summed E-state index contributed by atoms with van der Waals surface area (Å²) in [6, 6.07) is 5.26. The topological polar surface area (TPSA) is 41.1 Å². The summed E-state index contributed by atoms with van der Waals surface area (Å²) in [5.41, 5.74) is 3.02. The van der Waals surface area contributed by atoms with Gasteiger partial charge in [-0.1, -0.05) is 29.7 Å². The zero-order chi connectivity index (χ0) is 13.7. The Morgan fingerprint density at radius 1 is 1.26 bits per heavy atom. The number of rotatable bonds is 2.